The number of pyridine rings is 1. The number of hydrogen-bond acceptors (Lipinski definition) is 3. The Bertz CT molecular complexity index is 312. The van der Waals surface area contributed by atoms with Crippen LogP contribution in [-0.2, 0) is 5.54 Å². The second-order valence-corrected chi connectivity index (χ2v) is 3.40. The number of halogens is 1. The van der Waals surface area contributed by atoms with Gasteiger partial charge in [0.2, 0.25) is 5.95 Å². The van der Waals surface area contributed by atoms with Crippen molar-refractivity contribution in [3.8, 4) is 0 Å². The van der Waals surface area contributed by atoms with Gasteiger partial charge in [-0.2, -0.15) is 4.39 Å². The number of hydrogen-bond donors (Lipinski definition) is 2. The van der Waals surface area contributed by atoms with Crippen LogP contribution in [0.5, 0.6) is 0 Å². The highest BCUT2D eigenvalue weighted by Crippen LogP contribution is 2.20. The Morgan fingerprint density at radius 3 is 2.77 bits per heavy atom. The molecule has 4 heteroatoms. The summed E-state index contributed by atoms with van der Waals surface area (Å²) in [5.41, 5.74) is 6.28. The van der Waals surface area contributed by atoms with Crippen molar-refractivity contribution in [2.75, 3.05) is 6.61 Å². The summed E-state index contributed by atoms with van der Waals surface area (Å²) >= 11 is 0. The van der Waals surface area contributed by atoms with Crippen molar-refractivity contribution >= 4 is 0 Å². The van der Waals surface area contributed by atoms with Crippen LogP contribution in [0.1, 0.15) is 18.1 Å². The normalized spacial score (nSPS) is 15.5. The largest absolute Gasteiger partial charge is 0.394 e. The Morgan fingerprint density at radius 2 is 2.31 bits per heavy atom. The van der Waals surface area contributed by atoms with Crippen LogP contribution in [0.3, 0.4) is 0 Å². The first-order valence-electron chi connectivity index (χ1n) is 4.00. The van der Waals surface area contributed by atoms with Gasteiger partial charge in [-0.05, 0) is 31.0 Å². The quantitative estimate of drug-likeness (QED) is 0.665. The Balaban J connectivity index is 3.16. The van der Waals surface area contributed by atoms with Crippen molar-refractivity contribution in [1.82, 2.24) is 4.98 Å². The molecule has 0 fully saturated rings. The summed E-state index contributed by atoms with van der Waals surface area (Å²) in [6, 6.07) is 1.30. The van der Waals surface area contributed by atoms with E-state index < -0.39 is 11.5 Å². The maximum Gasteiger partial charge on any atom is 0.213 e. The van der Waals surface area contributed by atoms with Crippen LogP contribution in [-0.4, -0.2) is 16.7 Å². The van der Waals surface area contributed by atoms with Crippen LogP contribution in [0.2, 0.25) is 0 Å². The molecule has 0 aromatic carbocycles. The molecule has 1 heterocycles. The molecule has 3 nitrogen and oxygen atoms in total. The lowest BCUT2D eigenvalue weighted by Gasteiger charge is -2.23. The number of nitrogens with two attached hydrogens (primary N) is 1. The second-order valence-electron chi connectivity index (χ2n) is 3.40. The molecule has 1 rings (SSSR count). The van der Waals surface area contributed by atoms with E-state index in [9.17, 15) is 4.39 Å². The molecule has 0 radical (unpaired) electrons. The van der Waals surface area contributed by atoms with Crippen molar-refractivity contribution in [3.05, 3.63) is 29.3 Å². The summed E-state index contributed by atoms with van der Waals surface area (Å²) in [6.45, 7) is 3.22. The SMILES string of the molecule is Cc1cc(F)ncc1C(C)(N)CO. The Morgan fingerprint density at radius 1 is 1.69 bits per heavy atom. The van der Waals surface area contributed by atoms with Crippen LogP contribution in [0.25, 0.3) is 0 Å². The number of aryl methyl sites for hydroxylation is 1. The number of rotatable bonds is 2. The molecule has 0 saturated heterocycles. The fourth-order valence-corrected chi connectivity index (χ4v) is 1.20. The minimum atomic E-state index is -0.856. The molecule has 1 unspecified atom stereocenters. The number of aromatic nitrogens is 1. The van der Waals surface area contributed by atoms with Gasteiger partial charge in [-0.1, -0.05) is 0 Å². The highest BCUT2D eigenvalue weighted by molar-refractivity contribution is 5.29. The molecule has 1 atom stereocenters. The average Bonchev–Trinajstić information content (AvgIpc) is 2.03. The highest BCUT2D eigenvalue weighted by Gasteiger charge is 2.22. The van der Waals surface area contributed by atoms with Gasteiger partial charge < -0.3 is 10.8 Å². The number of nitrogens with zero attached hydrogens (tertiary/aromatic N) is 1. The standard InChI is InChI=1S/C9H13FN2O/c1-6-3-8(10)12-4-7(6)9(2,11)5-13/h3-4,13H,5,11H2,1-2H3. The van der Waals surface area contributed by atoms with Gasteiger partial charge in [-0.3, -0.25) is 0 Å². The minimum Gasteiger partial charge on any atom is -0.394 e. The molecule has 0 amide bonds. The van der Waals surface area contributed by atoms with Gasteiger partial charge >= 0.3 is 0 Å². The predicted molar refractivity (Wildman–Crippen MR) is 47.6 cm³/mol. The Hall–Kier alpha value is -1.00. The summed E-state index contributed by atoms with van der Waals surface area (Å²) in [5.74, 6) is -0.532. The van der Waals surface area contributed by atoms with Crippen molar-refractivity contribution in [1.29, 1.82) is 0 Å². The summed E-state index contributed by atoms with van der Waals surface area (Å²) in [4.78, 5) is 3.50. The fraction of sp³-hybridized carbons (Fsp3) is 0.444. The van der Waals surface area contributed by atoms with Crippen LogP contribution >= 0.6 is 0 Å². The molecular weight excluding hydrogens is 171 g/mol. The van der Waals surface area contributed by atoms with Gasteiger partial charge in [0, 0.05) is 6.20 Å². The van der Waals surface area contributed by atoms with E-state index in [1.807, 2.05) is 0 Å². The van der Waals surface area contributed by atoms with E-state index in [-0.39, 0.29) is 6.61 Å². The lowest BCUT2D eigenvalue weighted by atomic mass is 9.92. The maximum atomic E-state index is 12.6. The van der Waals surface area contributed by atoms with Gasteiger partial charge in [0.1, 0.15) is 0 Å². The summed E-state index contributed by atoms with van der Waals surface area (Å²) < 4.78 is 12.6. The zero-order valence-corrected chi connectivity index (χ0v) is 7.71. The molecule has 13 heavy (non-hydrogen) atoms. The summed E-state index contributed by atoms with van der Waals surface area (Å²) in [7, 11) is 0. The molecule has 0 saturated carbocycles. The molecule has 0 bridgehead atoms. The summed E-state index contributed by atoms with van der Waals surface area (Å²) in [5, 5.41) is 8.99. The lowest BCUT2D eigenvalue weighted by molar-refractivity contribution is 0.209. The average molecular weight is 184 g/mol. The van der Waals surface area contributed by atoms with E-state index in [4.69, 9.17) is 10.8 Å². The third-order valence-corrected chi connectivity index (χ3v) is 2.02. The second kappa shape index (κ2) is 3.40. The monoisotopic (exact) mass is 184 g/mol. The molecule has 1 aromatic rings. The summed E-state index contributed by atoms with van der Waals surface area (Å²) in [6.07, 6.45) is 1.36. The van der Waals surface area contributed by atoms with E-state index in [0.29, 0.717) is 11.1 Å². The third-order valence-electron chi connectivity index (χ3n) is 2.02. The van der Waals surface area contributed by atoms with Crippen molar-refractivity contribution in [2.24, 2.45) is 5.73 Å². The number of aliphatic hydroxyl groups excluding tert-OH is 1. The fourth-order valence-electron chi connectivity index (χ4n) is 1.20. The third kappa shape index (κ3) is 2.02. The van der Waals surface area contributed by atoms with Crippen molar-refractivity contribution in [2.45, 2.75) is 19.4 Å². The predicted octanol–water partition coefficient (Wildman–Crippen LogP) is 0.695. The number of aliphatic hydroxyl groups is 1. The van der Waals surface area contributed by atoms with Gasteiger partial charge in [-0.25, -0.2) is 4.98 Å². The van der Waals surface area contributed by atoms with E-state index in [2.05, 4.69) is 4.98 Å². The molecule has 0 aliphatic rings. The van der Waals surface area contributed by atoms with Crippen molar-refractivity contribution in [3.63, 3.8) is 0 Å². The van der Waals surface area contributed by atoms with E-state index in [1.54, 1.807) is 13.8 Å². The Labute approximate surface area is 76.4 Å². The molecule has 1 aromatic heterocycles. The first-order chi connectivity index (χ1) is 5.97. The highest BCUT2D eigenvalue weighted by atomic mass is 19.1. The van der Waals surface area contributed by atoms with E-state index in [1.165, 1.54) is 12.3 Å². The van der Waals surface area contributed by atoms with E-state index in [0.717, 1.165) is 0 Å². The van der Waals surface area contributed by atoms with Crippen LogP contribution in [0, 0.1) is 12.9 Å². The van der Waals surface area contributed by atoms with Crippen LogP contribution in [0.15, 0.2) is 12.3 Å². The molecule has 3 N–H and O–H groups in total. The molecule has 72 valence electrons. The smallest absolute Gasteiger partial charge is 0.213 e. The zero-order chi connectivity index (χ0) is 10.1. The molecule has 0 aliphatic heterocycles. The first-order valence-corrected chi connectivity index (χ1v) is 4.00. The minimum absolute atomic E-state index is 0.193. The maximum absolute atomic E-state index is 12.6. The lowest BCUT2D eigenvalue weighted by Crippen LogP contribution is -2.37. The van der Waals surface area contributed by atoms with Gasteiger partial charge in [0.25, 0.3) is 0 Å². The zero-order valence-electron chi connectivity index (χ0n) is 7.71. The van der Waals surface area contributed by atoms with Gasteiger partial charge in [-0.15, -0.1) is 0 Å². The van der Waals surface area contributed by atoms with Crippen molar-refractivity contribution < 1.29 is 9.50 Å². The van der Waals surface area contributed by atoms with Crippen LogP contribution in [0.4, 0.5) is 4.39 Å². The molecule has 0 aliphatic carbocycles. The molecule has 0 spiro atoms. The first kappa shape index (κ1) is 10.1. The van der Waals surface area contributed by atoms with Crippen LogP contribution < -0.4 is 5.73 Å². The van der Waals surface area contributed by atoms with E-state index >= 15 is 0 Å². The van der Waals surface area contributed by atoms with Gasteiger partial charge in [0.15, 0.2) is 0 Å². The Kier molecular flexibility index (Phi) is 2.63. The van der Waals surface area contributed by atoms with Gasteiger partial charge in [0.05, 0.1) is 12.1 Å². The topological polar surface area (TPSA) is 59.1 Å². The molecular formula is C9H13FN2O.